The van der Waals surface area contributed by atoms with Gasteiger partial charge < -0.3 is 10.2 Å². The van der Waals surface area contributed by atoms with Crippen LogP contribution in [0.5, 0.6) is 0 Å². The molecule has 0 aliphatic carbocycles. The molecule has 23 heavy (non-hydrogen) atoms. The third kappa shape index (κ3) is 5.14. The number of rotatable bonds is 3. The summed E-state index contributed by atoms with van der Waals surface area (Å²) in [5.74, 6) is 0.174. The second-order valence-electron chi connectivity index (χ2n) is 5.09. The largest absolute Gasteiger partial charge is 0.337 e. The van der Waals surface area contributed by atoms with Crippen LogP contribution in [0.4, 0.5) is 0 Å². The van der Waals surface area contributed by atoms with Crippen LogP contribution in [0.2, 0.25) is 0 Å². The molecule has 4 nitrogen and oxygen atoms in total. The molecular weight excluding hydrogens is 441 g/mol. The van der Waals surface area contributed by atoms with Crippen LogP contribution in [0, 0.1) is 0 Å². The summed E-state index contributed by atoms with van der Waals surface area (Å²) in [5.41, 5.74) is 0.871. The molecular formula is C14H18BrCl2N3OS2. The highest BCUT2D eigenvalue weighted by atomic mass is 79.9. The standard InChI is InChI=1S/C14H16BrN3OS2.2ClH/c1-9-6-16-2-3-18(9)13(19)5-11-8-21-14(17-11)12-4-10(15)7-20-12;;/h4,7-9,16H,2-3,5-6H2,1H3;2*1H. The predicted octanol–water partition coefficient (Wildman–Crippen LogP) is 3.84. The summed E-state index contributed by atoms with van der Waals surface area (Å²) in [6.45, 7) is 4.62. The molecule has 0 saturated carbocycles. The monoisotopic (exact) mass is 457 g/mol. The number of nitrogens with one attached hydrogen (secondary N) is 1. The van der Waals surface area contributed by atoms with Crippen LogP contribution in [-0.4, -0.2) is 41.5 Å². The number of nitrogens with zero attached hydrogens (tertiary/aromatic N) is 2. The van der Waals surface area contributed by atoms with Crippen molar-refractivity contribution in [1.29, 1.82) is 0 Å². The Labute approximate surface area is 164 Å². The van der Waals surface area contributed by atoms with E-state index in [1.807, 2.05) is 15.7 Å². The van der Waals surface area contributed by atoms with Gasteiger partial charge in [0.2, 0.25) is 5.91 Å². The summed E-state index contributed by atoms with van der Waals surface area (Å²) < 4.78 is 1.07. The highest BCUT2D eigenvalue weighted by molar-refractivity contribution is 9.10. The number of aromatic nitrogens is 1. The lowest BCUT2D eigenvalue weighted by Crippen LogP contribution is -2.52. The molecule has 1 fully saturated rings. The van der Waals surface area contributed by atoms with Gasteiger partial charge in [-0.25, -0.2) is 4.98 Å². The predicted molar refractivity (Wildman–Crippen MR) is 105 cm³/mol. The first-order valence-corrected chi connectivity index (χ1v) is 9.37. The van der Waals surface area contributed by atoms with E-state index in [1.54, 1.807) is 22.7 Å². The number of thiazole rings is 1. The fraction of sp³-hybridized carbons (Fsp3) is 0.429. The van der Waals surface area contributed by atoms with E-state index >= 15 is 0 Å². The summed E-state index contributed by atoms with van der Waals surface area (Å²) in [6, 6.07) is 2.32. The van der Waals surface area contributed by atoms with Gasteiger partial charge in [-0.1, -0.05) is 0 Å². The van der Waals surface area contributed by atoms with Crippen molar-refractivity contribution < 1.29 is 4.79 Å². The molecule has 2 aromatic heterocycles. The quantitative estimate of drug-likeness (QED) is 0.759. The van der Waals surface area contributed by atoms with E-state index in [9.17, 15) is 4.79 Å². The van der Waals surface area contributed by atoms with Crippen LogP contribution in [0.15, 0.2) is 21.3 Å². The highest BCUT2D eigenvalue weighted by Crippen LogP contribution is 2.32. The number of hydrogen-bond acceptors (Lipinski definition) is 5. The molecule has 0 aromatic carbocycles. The van der Waals surface area contributed by atoms with E-state index in [0.29, 0.717) is 6.42 Å². The number of halogens is 3. The molecule has 0 radical (unpaired) electrons. The lowest BCUT2D eigenvalue weighted by atomic mass is 10.2. The maximum Gasteiger partial charge on any atom is 0.228 e. The van der Waals surface area contributed by atoms with Crippen LogP contribution in [0.3, 0.4) is 0 Å². The van der Waals surface area contributed by atoms with Gasteiger partial charge in [-0.15, -0.1) is 47.5 Å². The topological polar surface area (TPSA) is 45.2 Å². The molecule has 1 aliphatic rings. The Hall–Kier alpha value is -0.180. The average Bonchev–Trinajstić information content (AvgIpc) is 3.08. The molecule has 9 heteroatoms. The van der Waals surface area contributed by atoms with E-state index in [4.69, 9.17) is 0 Å². The molecule has 0 spiro atoms. The molecule has 3 heterocycles. The number of carbonyl (C=O) groups excluding carboxylic acids is 1. The Morgan fingerprint density at radius 1 is 1.43 bits per heavy atom. The van der Waals surface area contributed by atoms with Gasteiger partial charge >= 0.3 is 0 Å². The first-order valence-electron chi connectivity index (χ1n) is 6.82. The molecule has 128 valence electrons. The molecule has 1 N–H and O–H groups in total. The van der Waals surface area contributed by atoms with Crippen molar-refractivity contribution in [2.75, 3.05) is 19.6 Å². The van der Waals surface area contributed by atoms with Crippen LogP contribution >= 0.6 is 63.4 Å². The van der Waals surface area contributed by atoms with Crippen LogP contribution < -0.4 is 5.32 Å². The maximum absolute atomic E-state index is 12.4. The second-order valence-corrected chi connectivity index (χ2v) is 7.78. The maximum atomic E-state index is 12.4. The zero-order valence-corrected chi connectivity index (χ0v) is 17.3. The zero-order valence-electron chi connectivity index (χ0n) is 12.5. The van der Waals surface area contributed by atoms with Gasteiger partial charge in [-0.2, -0.15) is 0 Å². The first-order chi connectivity index (χ1) is 10.1. The number of thiophene rings is 1. The molecule has 2 aromatic rings. The van der Waals surface area contributed by atoms with Crippen molar-refractivity contribution in [3.8, 4) is 9.88 Å². The Kier molecular flexibility index (Phi) is 8.47. The van der Waals surface area contributed by atoms with E-state index in [2.05, 4.69) is 39.2 Å². The van der Waals surface area contributed by atoms with E-state index in [1.165, 1.54) is 0 Å². The summed E-state index contributed by atoms with van der Waals surface area (Å²) >= 11 is 6.72. The minimum absolute atomic E-state index is 0. The first kappa shape index (κ1) is 20.9. The summed E-state index contributed by atoms with van der Waals surface area (Å²) in [5, 5.41) is 8.33. The van der Waals surface area contributed by atoms with Crippen molar-refractivity contribution in [3.63, 3.8) is 0 Å². The Balaban J connectivity index is 0.00000132. The number of amides is 1. The summed E-state index contributed by atoms with van der Waals surface area (Å²) in [4.78, 5) is 20.1. The lowest BCUT2D eigenvalue weighted by Gasteiger charge is -2.33. The van der Waals surface area contributed by atoms with Crippen molar-refractivity contribution in [2.45, 2.75) is 19.4 Å². The molecule has 1 atom stereocenters. The molecule has 1 aliphatic heterocycles. The molecule has 1 unspecified atom stereocenters. The van der Waals surface area contributed by atoms with Gasteiger partial charge in [0.25, 0.3) is 0 Å². The van der Waals surface area contributed by atoms with Crippen LogP contribution in [0.25, 0.3) is 9.88 Å². The fourth-order valence-electron chi connectivity index (χ4n) is 2.39. The van der Waals surface area contributed by atoms with Crippen molar-refractivity contribution in [3.05, 3.63) is 27.0 Å². The third-order valence-corrected chi connectivity index (χ3v) is 6.24. The van der Waals surface area contributed by atoms with Gasteiger partial charge in [0, 0.05) is 40.9 Å². The van der Waals surface area contributed by atoms with Crippen LogP contribution in [0.1, 0.15) is 12.6 Å². The van der Waals surface area contributed by atoms with Gasteiger partial charge in [0.05, 0.1) is 17.0 Å². The van der Waals surface area contributed by atoms with Gasteiger partial charge in [-0.3, -0.25) is 4.79 Å². The smallest absolute Gasteiger partial charge is 0.228 e. The number of piperazine rings is 1. The average molecular weight is 459 g/mol. The zero-order chi connectivity index (χ0) is 14.8. The molecule has 1 saturated heterocycles. The van der Waals surface area contributed by atoms with E-state index in [0.717, 1.165) is 39.7 Å². The van der Waals surface area contributed by atoms with E-state index in [-0.39, 0.29) is 36.8 Å². The molecule has 3 rings (SSSR count). The second kappa shape index (κ2) is 9.34. The summed E-state index contributed by atoms with van der Waals surface area (Å²) in [6.07, 6.45) is 0.396. The van der Waals surface area contributed by atoms with Crippen molar-refractivity contribution >= 4 is 69.3 Å². The van der Waals surface area contributed by atoms with Crippen LogP contribution in [-0.2, 0) is 11.2 Å². The van der Waals surface area contributed by atoms with E-state index < -0.39 is 0 Å². The van der Waals surface area contributed by atoms with Gasteiger partial charge in [-0.05, 0) is 28.9 Å². The number of hydrogen-bond donors (Lipinski definition) is 1. The third-order valence-electron chi connectivity index (χ3n) is 3.48. The van der Waals surface area contributed by atoms with Crippen molar-refractivity contribution in [2.24, 2.45) is 0 Å². The SMILES string of the molecule is CC1CNCCN1C(=O)Cc1csc(-c2cc(Br)cs2)n1.Cl.Cl. The Morgan fingerprint density at radius 3 is 2.87 bits per heavy atom. The normalized spacial score (nSPS) is 17.3. The Morgan fingerprint density at radius 2 is 2.22 bits per heavy atom. The minimum Gasteiger partial charge on any atom is -0.337 e. The highest BCUT2D eigenvalue weighted by Gasteiger charge is 2.23. The number of carbonyl (C=O) groups is 1. The van der Waals surface area contributed by atoms with Crippen molar-refractivity contribution in [1.82, 2.24) is 15.2 Å². The Bertz CT molecular complexity index is 650. The van der Waals surface area contributed by atoms with Gasteiger partial charge in [0.15, 0.2) is 0 Å². The minimum atomic E-state index is 0. The molecule has 1 amide bonds. The molecule has 0 bridgehead atoms. The van der Waals surface area contributed by atoms with Gasteiger partial charge in [0.1, 0.15) is 5.01 Å². The summed E-state index contributed by atoms with van der Waals surface area (Å²) in [7, 11) is 0. The lowest BCUT2D eigenvalue weighted by molar-refractivity contribution is -0.133. The fourth-order valence-corrected chi connectivity index (χ4v) is 4.72.